The first kappa shape index (κ1) is 14.9. The Morgan fingerprint density at radius 3 is 2.60 bits per heavy atom. The molecule has 2 fully saturated rings. The Labute approximate surface area is 145 Å². The van der Waals surface area contributed by atoms with Crippen LogP contribution >= 0.6 is 0 Å². The number of hydrogen-bond acceptors (Lipinski definition) is 3. The second-order valence-electron chi connectivity index (χ2n) is 7.64. The zero-order chi connectivity index (χ0) is 17.1. The molecular weight excluding hydrogens is 317 g/mol. The topological polar surface area (TPSA) is 52.2 Å². The maximum absolute atomic E-state index is 14.5. The van der Waals surface area contributed by atoms with Gasteiger partial charge in [0, 0.05) is 16.8 Å². The lowest BCUT2D eigenvalue weighted by atomic mass is 9.67. The molecule has 2 aromatic rings. The van der Waals surface area contributed by atoms with Crippen LogP contribution in [-0.2, 0) is 0 Å². The van der Waals surface area contributed by atoms with Gasteiger partial charge in [0.25, 0.3) is 0 Å². The highest BCUT2D eigenvalue weighted by Crippen LogP contribution is 2.64. The fraction of sp³-hybridized carbons (Fsp3) is 0.381. The second kappa shape index (κ2) is 5.32. The third kappa shape index (κ3) is 2.06. The summed E-state index contributed by atoms with van der Waals surface area (Å²) >= 11 is 0. The molecule has 0 unspecified atom stereocenters. The quantitative estimate of drug-likeness (QED) is 0.913. The van der Waals surface area contributed by atoms with Gasteiger partial charge in [-0.3, -0.25) is 0 Å². The summed E-state index contributed by atoms with van der Waals surface area (Å²) in [4.78, 5) is 11.6. The van der Waals surface area contributed by atoms with Crippen molar-refractivity contribution >= 4 is 11.7 Å². The number of nitrogens with one attached hydrogen (secondary N) is 1. The number of anilines is 1. The van der Waals surface area contributed by atoms with Gasteiger partial charge < -0.3 is 15.2 Å². The van der Waals surface area contributed by atoms with Crippen LogP contribution in [0, 0.1) is 23.6 Å². The van der Waals surface area contributed by atoms with Gasteiger partial charge in [0.1, 0.15) is 5.82 Å². The molecule has 1 N–H and O–H groups in total. The molecule has 2 saturated carbocycles. The summed E-state index contributed by atoms with van der Waals surface area (Å²) in [5.41, 5.74) is 2.53. The number of para-hydroxylation sites is 1. The molecule has 1 heterocycles. The van der Waals surface area contributed by atoms with Crippen molar-refractivity contribution < 1.29 is 14.3 Å². The van der Waals surface area contributed by atoms with E-state index < -0.39 is 5.97 Å². The third-order valence-corrected chi connectivity index (χ3v) is 6.58. The van der Waals surface area contributed by atoms with Crippen molar-refractivity contribution in [3.05, 3.63) is 65.0 Å². The zero-order valence-electron chi connectivity index (χ0n) is 13.7. The van der Waals surface area contributed by atoms with Crippen molar-refractivity contribution in [3.63, 3.8) is 0 Å². The number of carboxylic acids is 1. The summed E-state index contributed by atoms with van der Waals surface area (Å²) in [7, 11) is 0. The van der Waals surface area contributed by atoms with Crippen molar-refractivity contribution in [3.8, 4) is 0 Å². The fourth-order valence-corrected chi connectivity index (χ4v) is 5.72. The molecule has 2 aromatic carbocycles. The Morgan fingerprint density at radius 1 is 1.04 bits per heavy atom. The Hall–Kier alpha value is -2.36. The van der Waals surface area contributed by atoms with Gasteiger partial charge in [0.2, 0.25) is 0 Å². The van der Waals surface area contributed by atoms with E-state index in [0.717, 1.165) is 12.0 Å². The number of carbonyl (C=O) groups excluding carboxylic acids is 1. The molecule has 4 heteroatoms. The van der Waals surface area contributed by atoms with Crippen LogP contribution in [0.2, 0.25) is 0 Å². The van der Waals surface area contributed by atoms with Gasteiger partial charge in [-0.15, -0.1) is 0 Å². The standard InChI is InChI=1S/C21H20FNO2/c22-16-7-2-1-4-13(16)20-18-12-9-8-11(10-12)17(18)14-5-3-6-15(21(24)25)19(14)23-20/h1-7,11-12,17-18,20,23H,8-10H2,(H,24,25)/p-1/t11-,12+,17+,18+,20-/m0/s1. The van der Waals surface area contributed by atoms with Gasteiger partial charge in [0.15, 0.2) is 0 Å². The maximum Gasteiger partial charge on any atom is 0.128 e. The normalized spacial score (nSPS) is 32.0. The van der Waals surface area contributed by atoms with Gasteiger partial charge in [-0.2, -0.15) is 0 Å². The van der Waals surface area contributed by atoms with Crippen LogP contribution in [0.15, 0.2) is 42.5 Å². The first-order valence-electron chi connectivity index (χ1n) is 9.00. The van der Waals surface area contributed by atoms with E-state index in [1.54, 1.807) is 18.2 Å². The summed E-state index contributed by atoms with van der Waals surface area (Å²) < 4.78 is 14.5. The Balaban J connectivity index is 1.70. The Bertz CT molecular complexity index is 865. The van der Waals surface area contributed by atoms with Crippen LogP contribution in [0.1, 0.15) is 52.7 Å². The Morgan fingerprint density at radius 2 is 1.80 bits per heavy atom. The van der Waals surface area contributed by atoms with Crippen molar-refractivity contribution in [2.45, 2.75) is 31.2 Å². The van der Waals surface area contributed by atoms with Crippen LogP contribution in [0.25, 0.3) is 0 Å². The second-order valence-corrected chi connectivity index (χ2v) is 7.64. The molecule has 0 amide bonds. The van der Waals surface area contributed by atoms with E-state index in [9.17, 15) is 14.3 Å². The third-order valence-electron chi connectivity index (χ3n) is 6.58. The van der Waals surface area contributed by atoms with E-state index in [1.165, 1.54) is 18.9 Å². The number of aromatic carboxylic acids is 1. The summed E-state index contributed by atoms with van der Waals surface area (Å²) in [6, 6.07) is 12.1. The van der Waals surface area contributed by atoms with E-state index in [-0.39, 0.29) is 17.4 Å². The SMILES string of the molecule is O=C([O-])c1cccc2c1N[C@@H](c1ccccc1F)[C@@H]1[C@@H]3CC[C@@H](C3)[C@H]21. The summed E-state index contributed by atoms with van der Waals surface area (Å²) in [5.74, 6) is 0.363. The van der Waals surface area contributed by atoms with Gasteiger partial charge in [0.05, 0.1) is 12.0 Å². The molecule has 25 heavy (non-hydrogen) atoms. The highest BCUT2D eigenvalue weighted by molar-refractivity contribution is 5.94. The van der Waals surface area contributed by atoms with Crippen LogP contribution < -0.4 is 10.4 Å². The van der Waals surface area contributed by atoms with Gasteiger partial charge in [-0.1, -0.05) is 36.4 Å². The molecule has 5 atom stereocenters. The number of carboxylic acid groups (broad SMARTS) is 1. The molecule has 3 nitrogen and oxygen atoms in total. The number of hydrogen-bond donors (Lipinski definition) is 1. The van der Waals surface area contributed by atoms with Crippen LogP contribution in [0.5, 0.6) is 0 Å². The van der Waals surface area contributed by atoms with Gasteiger partial charge in [-0.05, 0) is 54.6 Å². The molecule has 2 aliphatic carbocycles. The first-order valence-corrected chi connectivity index (χ1v) is 9.00. The van der Waals surface area contributed by atoms with Crippen LogP contribution in [-0.4, -0.2) is 5.97 Å². The van der Waals surface area contributed by atoms with Crippen molar-refractivity contribution in [2.24, 2.45) is 17.8 Å². The summed E-state index contributed by atoms with van der Waals surface area (Å²) in [6.45, 7) is 0. The first-order chi connectivity index (χ1) is 12.1. The number of halogens is 1. The van der Waals surface area contributed by atoms with Gasteiger partial charge >= 0.3 is 0 Å². The van der Waals surface area contributed by atoms with E-state index in [1.807, 2.05) is 18.2 Å². The average molecular weight is 336 g/mol. The average Bonchev–Trinajstić information content (AvgIpc) is 3.23. The van der Waals surface area contributed by atoms with E-state index in [2.05, 4.69) is 5.32 Å². The minimum Gasteiger partial charge on any atom is -0.545 e. The van der Waals surface area contributed by atoms with E-state index in [0.29, 0.717) is 34.9 Å². The lowest BCUT2D eigenvalue weighted by Gasteiger charge is -2.44. The summed E-state index contributed by atoms with van der Waals surface area (Å²) in [6.07, 6.45) is 3.54. The predicted octanol–water partition coefficient (Wildman–Crippen LogP) is 3.49. The van der Waals surface area contributed by atoms with Gasteiger partial charge in [-0.25, -0.2) is 4.39 Å². The highest BCUT2D eigenvalue weighted by Gasteiger charge is 2.54. The van der Waals surface area contributed by atoms with Crippen molar-refractivity contribution in [1.82, 2.24) is 0 Å². The number of fused-ring (bicyclic) bond motifs is 7. The predicted molar refractivity (Wildman–Crippen MR) is 90.6 cm³/mol. The molecule has 3 aliphatic rings. The smallest absolute Gasteiger partial charge is 0.128 e. The molecule has 0 radical (unpaired) electrons. The summed E-state index contributed by atoms with van der Waals surface area (Å²) in [5, 5.41) is 15.0. The zero-order valence-corrected chi connectivity index (χ0v) is 13.7. The molecule has 0 spiro atoms. The van der Waals surface area contributed by atoms with Crippen LogP contribution in [0.3, 0.4) is 0 Å². The van der Waals surface area contributed by atoms with E-state index in [4.69, 9.17) is 0 Å². The molecule has 5 rings (SSSR count). The number of carbonyl (C=O) groups is 1. The van der Waals surface area contributed by atoms with E-state index >= 15 is 0 Å². The lowest BCUT2D eigenvalue weighted by Crippen LogP contribution is -2.37. The molecule has 0 aromatic heterocycles. The Kier molecular flexibility index (Phi) is 3.18. The minimum atomic E-state index is -1.18. The number of rotatable bonds is 2. The van der Waals surface area contributed by atoms with Crippen LogP contribution in [0.4, 0.5) is 10.1 Å². The largest absolute Gasteiger partial charge is 0.545 e. The molecule has 2 bridgehead atoms. The molecule has 0 saturated heterocycles. The molecule has 128 valence electrons. The number of benzene rings is 2. The molecule has 1 aliphatic heterocycles. The van der Waals surface area contributed by atoms with Crippen molar-refractivity contribution in [1.29, 1.82) is 0 Å². The minimum absolute atomic E-state index is 0.181. The highest BCUT2D eigenvalue weighted by atomic mass is 19.1. The fourth-order valence-electron chi connectivity index (χ4n) is 5.72. The monoisotopic (exact) mass is 336 g/mol. The lowest BCUT2D eigenvalue weighted by molar-refractivity contribution is -0.254. The maximum atomic E-state index is 14.5. The molecular formula is C21H19FNO2-. The van der Waals surface area contributed by atoms with Crippen molar-refractivity contribution in [2.75, 3.05) is 5.32 Å².